The standard InChI is InChI=1S/C21H21F2N5O2S/c1-21(22,23)13-9-27(10-13)14-2-3-18-17(6-14)16(4-5-25-18)20(30)26-8-19(29)28-12-31-11-15(28)7-24/h2-6,13,15H,8-12H2,1H3,(H,26,30)/t15-/m1/s1. The van der Waals surface area contributed by atoms with Crippen LogP contribution in [-0.4, -0.2) is 64.9 Å². The SMILES string of the molecule is CC(F)(F)C1CN(c2ccc3nccc(C(=O)NCC(=O)N4CSC[C@H]4C#N)c3c2)C1. The summed E-state index contributed by atoms with van der Waals surface area (Å²) in [4.78, 5) is 32.7. The third kappa shape index (κ3) is 4.28. The molecule has 2 saturated heterocycles. The lowest BCUT2D eigenvalue weighted by molar-refractivity contribution is -0.129. The summed E-state index contributed by atoms with van der Waals surface area (Å²) in [5.74, 6) is -3.15. The number of pyridine rings is 1. The van der Waals surface area contributed by atoms with Crippen LogP contribution in [-0.2, 0) is 4.79 Å². The van der Waals surface area contributed by atoms with Gasteiger partial charge in [0.15, 0.2) is 0 Å². The second kappa shape index (κ2) is 8.30. The number of carbonyl (C=O) groups excluding carboxylic acids is 2. The Morgan fingerprint density at radius 2 is 2.13 bits per heavy atom. The van der Waals surface area contributed by atoms with Gasteiger partial charge in [-0.15, -0.1) is 11.8 Å². The summed E-state index contributed by atoms with van der Waals surface area (Å²) in [6, 6.07) is 8.50. The fraction of sp³-hybridized carbons (Fsp3) is 0.429. The Hall–Kier alpha value is -2.93. The zero-order valence-corrected chi connectivity index (χ0v) is 17.7. The van der Waals surface area contributed by atoms with E-state index in [0.29, 0.717) is 28.1 Å². The quantitative estimate of drug-likeness (QED) is 0.761. The first kappa shape index (κ1) is 21.3. The summed E-state index contributed by atoms with van der Waals surface area (Å²) >= 11 is 1.50. The van der Waals surface area contributed by atoms with Gasteiger partial charge in [0.1, 0.15) is 6.04 Å². The Morgan fingerprint density at radius 3 is 2.84 bits per heavy atom. The number of thioether (sulfide) groups is 1. The zero-order valence-electron chi connectivity index (χ0n) is 16.8. The van der Waals surface area contributed by atoms with Gasteiger partial charge in [0.25, 0.3) is 11.8 Å². The third-order valence-corrected chi connectivity index (χ3v) is 6.70. The second-order valence-electron chi connectivity index (χ2n) is 7.81. The Kier molecular flexibility index (Phi) is 5.71. The van der Waals surface area contributed by atoms with Gasteiger partial charge in [-0.3, -0.25) is 14.6 Å². The van der Waals surface area contributed by atoms with Crippen LogP contribution >= 0.6 is 11.8 Å². The van der Waals surface area contributed by atoms with Crippen molar-refractivity contribution in [1.82, 2.24) is 15.2 Å². The van der Waals surface area contributed by atoms with Crippen molar-refractivity contribution < 1.29 is 18.4 Å². The second-order valence-corrected chi connectivity index (χ2v) is 8.81. The van der Waals surface area contributed by atoms with Gasteiger partial charge in [0.2, 0.25) is 5.91 Å². The van der Waals surface area contributed by atoms with Crippen LogP contribution < -0.4 is 10.2 Å². The molecule has 0 radical (unpaired) electrons. The van der Waals surface area contributed by atoms with E-state index < -0.39 is 23.8 Å². The van der Waals surface area contributed by atoms with Crippen LogP contribution in [0.2, 0.25) is 0 Å². The highest BCUT2D eigenvalue weighted by molar-refractivity contribution is 7.99. The summed E-state index contributed by atoms with van der Waals surface area (Å²) in [7, 11) is 0. The van der Waals surface area contributed by atoms with E-state index in [9.17, 15) is 18.4 Å². The van der Waals surface area contributed by atoms with E-state index in [1.165, 1.54) is 22.9 Å². The summed E-state index contributed by atoms with van der Waals surface area (Å²) < 4.78 is 26.9. The molecule has 10 heteroatoms. The van der Waals surface area contributed by atoms with Gasteiger partial charge >= 0.3 is 0 Å². The number of carbonyl (C=O) groups is 2. The molecule has 0 bridgehead atoms. The Morgan fingerprint density at radius 1 is 1.35 bits per heavy atom. The number of nitrogens with one attached hydrogen (secondary N) is 1. The first-order valence-corrected chi connectivity index (χ1v) is 11.0. The monoisotopic (exact) mass is 445 g/mol. The molecule has 2 fully saturated rings. The number of fused-ring (bicyclic) bond motifs is 1. The van der Waals surface area contributed by atoms with E-state index in [1.54, 1.807) is 24.3 Å². The molecule has 0 unspecified atom stereocenters. The van der Waals surface area contributed by atoms with Gasteiger partial charge in [-0.25, -0.2) is 8.78 Å². The Bertz CT molecular complexity index is 1060. The van der Waals surface area contributed by atoms with Crippen LogP contribution in [0.25, 0.3) is 10.9 Å². The minimum atomic E-state index is -2.72. The maximum absolute atomic E-state index is 13.4. The largest absolute Gasteiger partial charge is 0.370 e. The molecule has 2 aliphatic rings. The molecule has 0 saturated carbocycles. The third-order valence-electron chi connectivity index (χ3n) is 5.69. The normalized spacial score (nSPS) is 19.2. The highest BCUT2D eigenvalue weighted by atomic mass is 32.2. The van der Waals surface area contributed by atoms with Crippen molar-refractivity contribution in [2.45, 2.75) is 18.9 Å². The maximum Gasteiger partial charge on any atom is 0.252 e. The fourth-order valence-electron chi connectivity index (χ4n) is 3.69. The number of benzene rings is 1. The number of amides is 2. The predicted molar refractivity (Wildman–Crippen MR) is 114 cm³/mol. The van der Waals surface area contributed by atoms with Gasteiger partial charge in [-0.05, 0) is 31.2 Å². The highest BCUT2D eigenvalue weighted by Gasteiger charge is 2.42. The minimum absolute atomic E-state index is 0.208. The zero-order chi connectivity index (χ0) is 22.2. The molecular formula is C21H21F2N5O2S. The molecule has 1 atom stereocenters. The molecule has 0 aliphatic carbocycles. The topological polar surface area (TPSA) is 89.3 Å². The molecule has 2 aliphatic heterocycles. The van der Waals surface area contributed by atoms with Crippen molar-refractivity contribution in [2.75, 3.05) is 36.2 Å². The van der Waals surface area contributed by atoms with Crippen molar-refractivity contribution in [1.29, 1.82) is 5.26 Å². The lowest BCUT2D eigenvalue weighted by Crippen LogP contribution is -2.53. The smallest absolute Gasteiger partial charge is 0.252 e. The lowest BCUT2D eigenvalue weighted by Gasteiger charge is -2.43. The van der Waals surface area contributed by atoms with Crippen molar-refractivity contribution in [2.24, 2.45) is 5.92 Å². The van der Waals surface area contributed by atoms with Crippen LogP contribution in [0.15, 0.2) is 30.5 Å². The number of aromatic nitrogens is 1. The highest BCUT2D eigenvalue weighted by Crippen LogP contribution is 2.36. The number of nitrogens with zero attached hydrogens (tertiary/aromatic N) is 4. The van der Waals surface area contributed by atoms with Gasteiger partial charge in [-0.2, -0.15) is 5.26 Å². The van der Waals surface area contributed by atoms with Gasteiger partial charge in [0.05, 0.1) is 35.5 Å². The molecule has 4 rings (SSSR count). The summed E-state index contributed by atoms with van der Waals surface area (Å²) in [6.45, 7) is 1.22. The Balaban J connectivity index is 1.48. The van der Waals surface area contributed by atoms with Crippen LogP contribution in [0.4, 0.5) is 14.5 Å². The van der Waals surface area contributed by atoms with Crippen molar-refractivity contribution >= 4 is 40.2 Å². The average Bonchev–Trinajstić information content (AvgIpc) is 3.18. The van der Waals surface area contributed by atoms with E-state index in [-0.39, 0.29) is 25.5 Å². The molecule has 3 heterocycles. The van der Waals surface area contributed by atoms with Gasteiger partial charge in [0, 0.05) is 36.1 Å². The molecule has 0 spiro atoms. The maximum atomic E-state index is 13.4. The summed E-state index contributed by atoms with van der Waals surface area (Å²) in [6.07, 6.45) is 1.51. The first-order valence-electron chi connectivity index (χ1n) is 9.84. The van der Waals surface area contributed by atoms with Crippen LogP contribution in [0.3, 0.4) is 0 Å². The average molecular weight is 445 g/mol. The van der Waals surface area contributed by atoms with E-state index in [0.717, 1.165) is 12.6 Å². The summed E-state index contributed by atoms with van der Waals surface area (Å²) in [5, 5.41) is 12.3. The number of hydrogen-bond donors (Lipinski definition) is 1. The number of halogens is 2. The molecular weight excluding hydrogens is 424 g/mol. The van der Waals surface area contributed by atoms with Crippen LogP contribution in [0.1, 0.15) is 17.3 Å². The molecule has 2 aromatic rings. The number of anilines is 1. The molecule has 7 nitrogen and oxygen atoms in total. The number of rotatable bonds is 5. The van der Waals surface area contributed by atoms with E-state index in [1.807, 2.05) is 4.90 Å². The summed E-state index contributed by atoms with van der Waals surface area (Å²) in [5.41, 5.74) is 1.70. The Labute approximate surface area is 182 Å². The molecule has 2 amide bonds. The minimum Gasteiger partial charge on any atom is -0.370 e. The lowest BCUT2D eigenvalue weighted by atomic mass is 9.93. The van der Waals surface area contributed by atoms with E-state index in [4.69, 9.17) is 5.26 Å². The molecule has 1 aromatic heterocycles. The van der Waals surface area contributed by atoms with E-state index in [2.05, 4.69) is 16.4 Å². The first-order chi connectivity index (χ1) is 14.8. The molecule has 31 heavy (non-hydrogen) atoms. The van der Waals surface area contributed by atoms with Crippen LogP contribution in [0, 0.1) is 17.2 Å². The number of alkyl halides is 2. The molecule has 162 valence electrons. The van der Waals surface area contributed by atoms with Crippen molar-refractivity contribution in [3.8, 4) is 6.07 Å². The van der Waals surface area contributed by atoms with Crippen molar-refractivity contribution in [3.05, 3.63) is 36.0 Å². The molecule has 1 N–H and O–H groups in total. The predicted octanol–water partition coefficient (Wildman–Crippen LogP) is 2.48. The molecule has 1 aromatic carbocycles. The van der Waals surface area contributed by atoms with Gasteiger partial charge < -0.3 is 15.1 Å². The fourth-order valence-corrected chi connectivity index (χ4v) is 4.79. The van der Waals surface area contributed by atoms with Crippen molar-refractivity contribution in [3.63, 3.8) is 0 Å². The van der Waals surface area contributed by atoms with Gasteiger partial charge in [-0.1, -0.05) is 0 Å². The van der Waals surface area contributed by atoms with Crippen LogP contribution in [0.5, 0.6) is 0 Å². The number of hydrogen-bond acceptors (Lipinski definition) is 6. The number of nitriles is 1. The van der Waals surface area contributed by atoms with E-state index >= 15 is 0 Å².